The summed E-state index contributed by atoms with van der Waals surface area (Å²) in [6.45, 7) is 4.55. The maximum atomic E-state index is 15.3. The van der Waals surface area contributed by atoms with Crippen LogP contribution < -0.4 is 14.2 Å². The molecule has 1 aliphatic heterocycles. The van der Waals surface area contributed by atoms with Crippen molar-refractivity contribution in [1.82, 2.24) is 0 Å². The fourth-order valence-electron chi connectivity index (χ4n) is 6.61. The van der Waals surface area contributed by atoms with Gasteiger partial charge in [-0.1, -0.05) is 12.1 Å². The van der Waals surface area contributed by atoms with Gasteiger partial charge in [-0.15, -0.1) is 0 Å². The average Bonchev–Trinajstić information content (AvgIpc) is 3.64. The molecule has 210 valence electrons. The Kier molecular flexibility index (Phi) is 7.17. The van der Waals surface area contributed by atoms with Crippen LogP contribution in [-0.4, -0.2) is 37.0 Å². The maximum Gasteiger partial charge on any atom is 0.306 e. The summed E-state index contributed by atoms with van der Waals surface area (Å²) in [5.74, 6) is 1.55. The first kappa shape index (κ1) is 26.6. The summed E-state index contributed by atoms with van der Waals surface area (Å²) >= 11 is 0. The van der Waals surface area contributed by atoms with Gasteiger partial charge in [0.25, 0.3) is 0 Å². The van der Waals surface area contributed by atoms with Crippen LogP contribution in [0.4, 0.5) is 4.39 Å². The third-order valence-electron chi connectivity index (χ3n) is 8.50. The van der Waals surface area contributed by atoms with Gasteiger partial charge in [0.1, 0.15) is 35.3 Å². The summed E-state index contributed by atoms with van der Waals surface area (Å²) in [5.41, 5.74) is 6.83. The van der Waals surface area contributed by atoms with Crippen molar-refractivity contribution in [3.8, 4) is 28.4 Å². The number of carbonyl (C=O) groups excluding carboxylic acids is 1. The number of rotatable bonds is 7. The number of hydrogen-bond donors (Lipinski definition) is 1. The van der Waals surface area contributed by atoms with E-state index in [1.165, 1.54) is 7.11 Å². The van der Waals surface area contributed by atoms with Crippen molar-refractivity contribution in [3.05, 3.63) is 76.1 Å². The number of aliphatic hydroxyl groups excluding tert-OH is 1. The minimum atomic E-state index is -0.405. The number of methoxy groups -OCH3 is 1. The quantitative estimate of drug-likeness (QED) is 0.341. The Morgan fingerprint density at radius 3 is 2.55 bits per heavy atom. The number of carbonyl (C=O) groups is 1. The van der Waals surface area contributed by atoms with Crippen LogP contribution in [-0.2, 0) is 16.0 Å². The van der Waals surface area contributed by atoms with Gasteiger partial charge >= 0.3 is 5.97 Å². The van der Waals surface area contributed by atoms with Crippen molar-refractivity contribution >= 4 is 5.97 Å². The number of fused-ring (bicyclic) bond motifs is 2. The zero-order valence-electron chi connectivity index (χ0n) is 23.2. The van der Waals surface area contributed by atoms with Crippen molar-refractivity contribution in [1.29, 1.82) is 0 Å². The molecular formula is C33H35FO6. The zero-order valence-corrected chi connectivity index (χ0v) is 23.2. The summed E-state index contributed by atoms with van der Waals surface area (Å²) in [6, 6.07) is 13.1. The van der Waals surface area contributed by atoms with E-state index in [-0.39, 0.29) is 36.3 Å². The van der Waals surface area contributed by atoms with Gasteiger partial charge in [0.15, 0.2) is 0 Å². The third-order valence-corrected chi connectivity index (χ3v) is 8.50. The van der Waals surface area contributed by atoms with Crippen LogP contribution in [0.1, 0.15) is 71.9 Å². The van der Waals surface area contributed by atoms with Crippen LogP contribution in [0.25, 0.3) is 11.1 Å². The summed E-state index contributed by atoms with van der Waals surface area (Å²) in [7, 11) is 1.38. The number of aliphatic hydroxyl groups is 1. The largest absolute Gasteiger partial charge is 0.492 e. The predicted molar refractivity (Wildman–Crippen MR) is 149 cm³/mol. The van der Waals surface area contributed by atoms with Gasteiger partial charge in [-0.25, -0.2) is 4.39 Å². The molecule has 1 N–H and O–H groups in total. The highest BCUT2D eigenvalue weighted by Gasteiger charge is 2.32. The summed E-state index contributed by atoms with van der Waals surface area (Å²) in [6.07, 6.45) is 3.31. The van der Waals surface area contributed by atoms with Crippen LogP contribution in [0, 0.1) is 19.7 Å². The minimum Gasteiger partial charge on any atom is -0.492 e. The molecule has 3 aromatic carbocycles. The fourth-order valence-corrected chi connectivity index (χ4v) is 6.61. The van der Waals surface area contributed by atoms with Crippen LogP contribution in [0.5, 0.6) is 17.2 Å². The van der Waals surface area contributed by atoms with Crippen molar-refractivity contribution in [2.45, 2.75) is 76.6 Å². The molecule has 6 rings (SSSR count). The number of benzene rings is 3. The van der Waals surface area contributed by atoms with Crippen LogP contribution >= 0.6 is 0 Å². The van der Waals surface area contributed by atoms with Gasteiger partial charge in [0, 0.05) is 29.5 Å². The molecule has 40 heavy (non-hydrogen) atoms. The van der Waals surface area contributed by atoms with Gasteiger partial charge in [-0.3, -0.25) is 4.79 Å². The van der Waals surface area contributed by atoms with Gasteiger partial charge in [-0.2, -0.15) is 0 Å². The molecular weight excluding hydrogens is 511 g/mol. The second kappa shape index (κ2) is 10.8. The van der Waals surface area contributed by atoms with E-state index in [0.29, 0.717) is 42.9 Å². The molecule has 3 aromatic rings. The molecule has 2 aliphatic carbocycles. The zero-order chi connectivity index (χ0) is 28.0. The Balaban J connectivity index is 1.24. The van der Waals surface area contributed by atoms with E-state index in [4.69, 9.17) is 18.9 Å². The normalized spacial score (nSPS) is 22.9. The molecule has 0 bridgehead atoms. The molecule has 3 aliphatic rings. The average molecular weight is 547 g/mol. The summed E-state index contributed by atoms with van der Waals surface area (Å²) in [5, 5.41) is 9.85. The maximum absolute atomic E-state index is 15.3. The molecule has 0 unspecified atom stereocenters. The standard InChI is InChI=1S/C33H35FO6/c1-18-12-24(39-22-5-4-21(35)15-22)13-19(2)32(18)26-8-10-28(34)33-27(26)9-11-29(33)40-23-6-7-25-20(14-31(36)37-3)17-38-30(25)16-23/h6-8,10,12-13,16,20-22,29,35H,4-5,9,11,14-15,17H2,1-3H3/t20-,21-,22-,29-/m1/s1. The summed E-state index contributed by atoms with van der Waals surface area (Å²) < 4.78 is 38.5. The first-order valence-corrected chi connectivity index (χ1v) is 14.1. The number of hydrogen-bond acceptors (Lipinski definition) is 6. The molecule has 6 nitrogen and oxygen atoms in total. The number of esters is 1. The highest BCUT2D eigenvalue weighted by atomic mass is 19.1. The van der Waals surface area contributed by atoms with Gasteiger partial charge in [0.2, 0.25) is 0 Å². The van der Waals surface area contributed by atoms with E-state index in [9.17, 15) is 9.90 Å². The van der Waals surface area contributed by atoms with E-state index < -0.39 is 6.10 Å². The highest BCUT2D eigenvalue weighted by Crippen LogP contribution is 2.45. The predicted octanol–water partition coefficient (Wildman–Crippen LogP) is 6.51. The van der Waals surface area contributed by atoms with E-state index in [1.54, 1.807) is 6.07 Å². The molecule has 1 heterocycles. The summed E-state index contributed by atoms with van der Waals surface area (Å²) in [4.78, 5) is 11.7. The first-order valence-electron chi connectivity index (χ1n) is 14.1. The Morgan fingerprint density at radius 2 is 1.82 bits per heavy atom. The van der Waals surface area contributed by atoms with Crippen LogP contribution in [0.2, 0.25) is 0 Å². The molecule has 0 amide bonds. The van der Waals surface area contributed by atoms with Gasteiger partial charge in [0.05, 0.1) is 26.2 Å². The second-order valence-corrected chi connectivity index (χ2v) is 11.3. The lowest BCUT2D eigenvalue weighted by atomic mass is 9.90. The molecule has 1 fully saturated rings. The molecule has 7 heteroatoms. The van der Waals surface area contributed by atoms with Crippen molar-refractivity contribution in [2.24, 2.45) is 0 Å². The Hall–Kier alpha value is -3.58. The molecule has 0 aromatic heterocycles. The SMILES string of the molecule is COC(=O)C[C@@H]1COc2cc(O[C@@H]3CCc4c(-c5c(C)cc(O[C@@H]6CC[C@@H](O)C6)cc5C)ccc(F)c43)ccc21. The third kappa shape index (κ3) is 5.03. The number of aryl methyl sites for hydroxylation is 2. The van der Waals surface area contributed by atoms with E-state index in [0.717, 1.165) is 52.0 Å². The lowest BCUT2D eigenvalue weighted by Crippen LogP contribution is -2.13. The smallest absolute Gasteiger partial charge is 0.306 e. The van der Waals surface area contributed by atoms with Crippen molar-refractivity contribution in [2.75, 3.05) is 13.7 Å². The van der Waals surface area contributed by atoms with E-state index >= 15 is 4.39 Å². The van der Waals surface area contributed by atoms with Crippen molar-refractivity contribution < 1.29 is 33.2 Å². The molecule has 4 atom stereocenters. The van der Waals surface area contributed by atoms with Crippen LogP contribution in [0.15, 0.2) is 42.5 Å². The lowest BCUT2D eigenvalue weighted by molar-refractivity contribution is -0.141. The Bertz CT molecular complexity index is 1430. The van der Waals surface area contributed by atoms with E-state index in [2.05, 4.69) is 13.8 Å². The lowest BCUT2D eigenvalue weighted by Gasteiger charge is -2.20. The van der Waals surface area contributed by atoms with Gasteiger partial charge < -0.3 is 24.1 Å². The minimum absolute atomic E-state index is 0.0379. The number of halogens is 1. The van der Waals surface area contributed by atoms with E-state index in [1.807, 2.05) is 36.4 Å². The molecule has 0 saturated heterocycles. The van der Waals surface area contributed by atoms with Crippen molar-refractivity contribution in [3.63, 3.8) is 0 Å². The fraction of sp³-hybridized carbons (Fsp3) is 0.424. The first-order chi connectivity index (χ1) is 19.3. The molecule has 1 saturated carbocycles. The highest BCUT2D eigenvalue weighted by molar-refractivity contribution is 5.76. The molecule has 0 spiro atoms. The van der Waals surface area contributed by atoms with Crippen LogP contribution in [0.3, 0.4) is 0 Å². The Morgan fingerprint density at radius 1 is 1.02 bits per heavy atom. The monoisotopic (exact) mass is 546 g/mol. The molecule has 0 radical (unpaired) electrons. The Labute approximate surface area is 234 Å². The van der Waals surface area contributed by atoms with Gasteiger partial charge in [-0.05, 0) is 91.6 Å². The second-order valence-electron chi connectivity index (χ2n) is 11.3. The number of ether oxygens (including phenoxy) is 4. The topological polar surface area (TPSA) is 74.2 Å².